The molecule has 1 aromatic carbocycles. The quantitative estimate of drug-likeness (QED) is 0.626. The number of carbonyl (C=O) groups is 2. The van der Waals surface area contributed by atoms with Crippen molar-refractivity contribution in [2.45, 2.75) is 69.9 Å². The van der Waals surface area contributed by atoms with Crippen molar-refractivity contribution in [2.24, 2.45) is 0 Å². The number of aliphatic hydroxyl groups excluding tert-OH is 1. The molecule has 0 bridgehead atoms. The van der Waals surface area contributed by atoms with Gasteiger partial charge in [-0.25, -0.2) is 4.79 Å². The number of unbranched alkanes of at least 4 members (excludes halogenated alkanes) is 1. The Hall–Kier alpha value is -2.38. The Bertz CT molecular complexity index is 995. The maximum Gasteiger partial charge on any atom is 0.326 e. The Labute approximate surface area is 195 Å². The lowest BCUT2D eigenvalue weighted by atomic mass is 9.89. The predicted molar refractivity (Wildman–Crippen MR) is 128 cm³/mol. The number of aliphatic hydroxyl groups is 1. The molecule has 3 aliphatic heterocycles. The van der Waals surface area contributed by atoms with E-state index in [4.69, 9.17) is 0 Å². The van der Waals surface area contributed by atoms with Crippen molar-refractivity contribution >= 4 is 22.8 Å². The van der Waals surface area contributed by atoms with Crippen molar-refractivity contribution in [3.63, 3.8) is 0 Å². The van der Waals surface area contributed by atoms with Crippen molar-refractivity contribution in [1.82, 2.24) is 19.7 Å². The third-order valence-electron chi connectivity index (χ3n) is 7.91. The van der Waals surface area contributed by atoms with Crippen molar-refractivity contribution in [3.05, 3.63) is 35.5 Å². The fourth-order valence-electron chi connectivity index (χ4n) is 5.96. The number of nitrogens with zero attached hydrogens (tertiary/aromatic N) is 3. The molecular formula is C26H36N4O3. The van der Waals surface area contributed by atoms with Crippen molar-refractivity contribution < 1.29 is 14.7 Å². The van der Waals surface area contributed by atoms with Gasteiger partial charge in [0.25, 0.3) is 0 Å². The molecule has 0 unspecified atom stereocenters. The van der Waals surface area contributed by atoms with Gasteiger partial charge in [0, 0.05) is 42.7 Å². The van der Waals surface area contributed by atoms with E-state index in [1.807, 2.05) is 11.0 Å². The summed E-state index contributed by atoms with van der Waals surface area (Å²) in [7, 11) is 0. The number of hydrogen-bond acceptors (Lipinski definition) is 4. The van der Waals surface area contributed by atoms with Gasteiger partial charge in [-0.05, 0) is 93.8 Å². The van der Waals surface area contributed by atoms with Crippen LogP contribution >= 0.6 is 0 Å². The molecule has 3 amide bonds. The number of urea groups is 1. The number of rotatable bonds is 7. The highest BCUT2D eigenvalue weighted by molar-refractivity contribution is 5.97. The molecule has 178 valence electrons. The van der Waals surface area contributed by atoms with E-state index in [1.165, 1.54) is 15.8 Å². The van der Waals surface area contributed by atoms with Crippen LogP contribution in [0.2, 0.25) is 0 Å². The molecule has 3 fully saturated rings. The van der Waals surface area contributed by atoms with Gasteiger partial charge in [0.05, 0.1) is 6.61 Å². The first kappa shape index (κ1) is 22.4. The van der Waals surface area contributed by atoms with E-state index in [2.05, 4.69) is 28.2 Å². The SMILES string of the molecule is O=C1C[C@@H]2CCCCN2C(=O)N1CCCCN1CCC(c2c[nH]c3ccc(CO)cc23)CC1. The highest BCUT2D eigenvalue weighted by atomic mass is 16.3. The van der Waals surface area contributed by atoms with Crippen molar-refractivity contribution in [2.75, 3.05) is 32.7 Å². The molecule has 7 nitrogen and oxygen atoms in total. The van der Waals surface area contributed by atoms with Crippen molar-refractivity contribution in [3.8, 4) is 0 Å². The lowest BCUT2D eigenvalue weighted by Crippen LogP contribution is -2.58. The summed E-state index contributed by atoms with van der Waals surface area (Å²) in [5, 5.41) is 10.7. The summed E-state index contributed by atoms with van der Waals surface area (Å²) in [5.74, 6) is 0.567. The number of fused-ring (bicyclic) bond motifs is 2. The Morgan fingerprint density at radius 3 is 2.64 bits per heavy atom. The zero-order valence-electron chi connectivity index (χ0n) is 19.5. The van der Waals surface area contributed by atoms with E-state index in [9.17, 15) is 14.7 Å². The van der Waals surface area contributed by atoms with Gasteiger partial charge in [-0.3, -0.25) is 9.69 Å². The summed E-state index contributed by atoms with van der Waals surface area (Å²) in [4.78, 5) is 34.6. The summed E-state index contributed by atoms with van der Waals surface area (Å²) in [6.45, 7) is 4.62. The second-order valence-electron chi connectivity index (χ2n) is 9.98. The molecule has 0 spiro atoms. The van der Waals surface area contributed by atoms with Crippen LogP contribution in [0, 0.1) is 0 Å². The van der Waals surface area contributed by atoms with E-state index in [-0.39, 0.29) is 24.6 Å². The number of carbonyl (C=O) groups excluding carboxylic acids is 2. The Morgan fingerprint density at radius 2 is 1.82 bits per heavy atom. The minimum atomic E-state index is -0.0557. The van der Waals surface area contributed by atoms with Gasteiger partial charge in [0.2, 0.25) is 5.91 Å². The average molecular weight is 453 g/mol. The molecule has 5 rings (SSSR count). The standard InChI is InChI=1S/C26H36N4O3/c31-18-19-6-7-24-22(15-19)23(17-27-24)20-8-13-28(14-9-20)10-3-4-12-30-25(32)16-21-5-1-2-11-29(21)26(30)33/h6-7,15,17,20-21,27,31H,1-5,8-14,16,18H2/t21-/m0/s1. The molecule has 0 radical (unpaired) electrons. The summed E-state index contributed by atoms with van der Waals surface area (Å²) < 4.78 is 0. The van der Waals surface area contributed by atoms with Crippen LogP contribution in [0.4, 0.5) is 4.79 Å². The number of imide groups is 1. The van der Waals surface area contributed by atoms with Crippen LogP contribution < -0.4 is 0 Å². The second-order valence-corrected chi connectivity index (χ2v) is 9.98. The van der Waals surface area contributed by atoms with Gasteiger partial charge in [-0.15, -0.1) is 0 Å². The summed E-state index contributed by atoms with van der Waals surface area (Å²) >= 11 is 0. The van der Waals surface area contributed by atoms with Crippen LogP contribution in [0.15, 0.2) is 24.4 Å². The number of likely N-dealkylation sites (tertiary alicyclic amines) is 1. The molecule has 0 saturated carbocycles. The summed E-state index contributed by atoms with van der Waals surface area (Å²) in [5.41, 5.74) is 3.47. The van der Waals surface area contributed by atoms with Crippen LogP contribution in [0.1, 0.15) is 68.4 Å². The highest BCUT2D eigenvalue weighted by Crippen LogP contribution is 2.34. The van der Waals surface area contributed by atoms with Gasteiger partial charge >= 0.3 is 6.03 Å². The van der Waals surface area contributed by atoms with Crippen LogP contribution in [0.5, 0.6) is 0 Å². The number of nitrogens with one attached hydrogen (secondary N) is 1. The van der Waals surface area contributed by atoms with Crippen molar-refractivity contribution in [1.29, 1.82) is 0 Å². The largest absolute Gasteiger partial charge is 0.392 e. The molecule has 2 N–H and O–H groups in total. The summed E-state index contributed by atoms with van der Waals surface area (Å²) in [6, 6.07) is 6.23. The number of amides is 3. The minimum Gasteiger partial charge on any atom is -0.392 e. The van der Waals surface area contributed by atoms with Crippen LogP contribution in [-0.2, 0) is 11.4 Å². The number of benzene rings is 1. The first-order chi connectivity index (χ1) is 16.1. The monoisotopic (exact) mass is 452 g/mol. The molecular weight excluding hydrogens is 416 g/mol. The number of hydrogen-bond donors (Lipinski definition) is 2. The molecule has 1 aromatic heterocycles. The maximum absolute atomic E-state index is 12.8. The molecule has 3 saturated heterocycles. The Kier molecular flexibility index (Phi) is 6.69. The summed E-state index contributed by atoms with van der Waals surface area (Å²) in [6.07, 6.45) is 9.97. The van der Waals surface area contributed by atoms with Gasteiger partial charge in [-0.2, -0.15) is 0 Å². The number of H-pyrrole nitrogens is 1. The predicted octanol–water partition coefficient (Wildman–Crippen LogP) is 3.83. The number of aromatic amines is 1. The number of aromatic nitrogens is 1. The molecule has 0 aliphatic carbocycles. The van der Waals surface area contributed by atoms with Gasteiger partial charge < -0.3 is 19.9 Å². The van der Waals surface area contributed by atoms with Crippen LogP contribution in [-0.4, -0.2) is 75.5 Å². The molecule has 1 atom stereocenters. The average Bonchev–Trinajstić information content (AvgIpc) is 3.27. The first-order valence-electron chi connectivity index (χ1n) is 12.7. The molecule has 4 heterocycles. The molecule has 3 aliphatic rings. The zero-order valence-corrected chi connectivity index (χ0v) is 19.5. The number of piperidine rings is 2. The van der Waals surface area contributed by atoms with Gasteiger partial charge in [0.1, 0.15) is 0 Å². The lowest BCUT2D eigenvalue weighted by Gasteiger charge is -2.42. The van der Waals surface area contributed by atoms with Crippen LogP contribution in [0.3, 0.4) is 0 Å². The lowest BCUT2D eigenvalue weighted by molar-refractivity contribution is -0.133. The fraction of sp³-hybridized carbons (Fsp3) is 0.615. The van der Waals surface area contributed by atoms with E-state index in [0.717, 1.165) is 82.2 Å². The topological polar surface area (TPSA) is 79.9 Å². The normalized spacial score (nSPS) is 22.9. The van der Waals surface area contributed by atoms with Gasteiger partial charge in [0.15, 0.2) is 0 Å². The first-order valence-corrected chi connectivity index (χ1v) is 12.7. The fourth-order valence-corrected chi connectivity index (χ4v) is 5.96. The highest BCUT2D eigenvalue weighted by Gasteiger charge is 2.39. The van der Waals surface area contributed by atoms with E-state index in [1.54, 1.807) is 0 Å². The smallest absolute Gasteiger partial charge is 0.326 e. The van der Waals surface area contributed by atoms with E-state index < -0.39 is 0 Å². The molecule has 2 aromatic rings. The van der Waals surface area contributed by atoms with E-state index in [0.29, 0.717) is 18.9 Å². The Morgan fingerprint density at radius 1 is 1.00 bits per heavy atom. The molecule has 33 heavy (non-hydrogen) atoms. The minimum absolute atomic E-state index is 0.0204. The maximum atomic E-state index is 12.8. The van der Waals surface area contributed by atoms with Crippen LogP contribution in [0.25, 0.3) is 10.9 Å². The van der Waals surface area contributed by atoms with Gasteiger partial charge in [-0.1, -0.05) is 6.07 Å². The third-order valence-corrected chi connectivity index (χ3v) is 7.91. The Balaban J connectivity index is 1.07. The third kappa shape index (κ3) is 4.66. The molecule has 7 heteroatoms. The van der Waals surface area contributed by atoms with E-state index >= 15 is 0 Å². The second kappa shape index (κ2) is 9.85. The zero-order chi connectivity index (χ0) is 22.8.